The molecule has 1 saturated carbocycles. The standard InChI is InChI=1S/C13H23N5S/c1-8-12(15-9(2)16-13(8)18-14)17-10-5-4-6-11(7-10)19-3/h10-11H,4-7,14H2,1-3H3,(H2,15,16,17,18). The number of hydrazine groups is 1. The molecule has 0 amide bonds. The summed E-state index contributed by atoms with van der Waals surface area (Å²) in [7, 11) is 0. The van der Waals surface area contributed by atoms with Crippen LogP contribution >= 0.6 is 11.8 Å². The molecule has 19 heavy (non-hydrogen) atoms. The van der Waals surface area contributed by atoms with Crippen LogP contribution in [0, 0.1) is 13.8 Å². The number of thioether (sulfide) groups is 1. The Morgan fingerprint density at radius 2 is 1.95 bits per heavy atom. The first-order chi connectivity index (χ1) is 9.13. The molecule has 0 saturated heterocycles. The third-order valence-electron chi connectivity index (χ3n) is 3.69. The van der Waals surface area contributed by atoms with E-state index in [1.807, 2.05) is 25.6 Å². The topological polar surface area (TPSA) is 75.9 Å². The van der Waals surface area contributed by atoms with Crippen molar-refractivity contribution in [3.8, 4) is 0 Å². The Morgan fingerprint density at radius 1 is 1.21 bits per heavy atom. The maximum absolute atomic E-state index is 5.49. The zero-order chi connectivity index (χ0) is 13.8. The molecule has 1 aliphatic carbocycles. The molecule has 0 aliphatic heterocycles. The average Bonchev–Trinajstić information content (AvgIpc) is 2.42. The normalized spacial score (nSPS) is 23.2. The Kier molecular flexibility index (Phi) is 4.87. The molecule has 2 atom stereocenters. The molecule has 1 aliphatic rings. The van der Waals surface area contributed by atoms with Crippen LogP contribution in [-0.2, 0) is 0 Å². The third-order valence-corrected chi connectivity index (χ3v) is 4.79. The second kappa shape index (κ2) is 6.43. The molecule has 5 nitrogen and oxygen atoms in total. The summed E-state index contributed by atoms with van der Waals surface area (Å²) in [5.74, 6) is 7.84. The van der Waals surface area contributed by atoms with E-state index in [2.05, 4.69) is 27.0 Å². The number of hydrogen-bond acceptors (Lipinski definition) is 6. The molecule has 0 bridgehead atoms. The molecule has 4 N–H and O–H groups in total. The van der Waals surface area contributed by atoms with Crippen LogP contribution in [0.15, 0.2) is 0 Å². The van der Waals surface area contributed by atoms with Gasteiger partial charge in [0.25, 0.3) is 0 Å². The predicted molar refractivity (Wildman–Crippen MR) is 82.5 cm³/mol. The number of nitrogens with one attached hydrogen (secondary N) is 2. The molecule has 0 radical (unpaired) electrons. The van der Waals surface area contributed by atoms with Crippen molar-refractivity contribution in [1.82, 2.24) is 9.97 Å². The number of nitrogens with two attached hydrogens (primary N) is 1. The lowest BCUT2D eigenvalue weighted by molar-refractivity contribution is 0.472. The van der Waals surface area contributed by atoms with E-state index in [0.29, 0.717) is 11.9 Å². The summed E-state index contributed by atoms with van der Waals surface area (Å²) >= 11 is 1.97. The van der Waals surface area contributed by atoms with E-state index in [1.165, 1.54) is 25.7 Å². The van der Waals surface area contributed by atoms with Crippen molar-refractivity contribution in [2.75, 3.05) is 17.0 Å². The van der Waals surface area contributed by atoms with Crippen LogP contribution in [0.1, 0.15) is 37.1 Å². The van der Waals surface area contributed by atoms with Crippen LogP contribution in [0.5, 0.6) is 0 Å². The lowest BCUT2D eigenvalue weighted by Crippen LogP contribution is -2.29. The van der Waals surface area contributed by atoms with Gasteiger partial charge in [-0.1, -0.05) is 6.42 Å². The summed E-state index contributed by atoms with van der Waals surface area (Å²) in [6, 6.07) is 0.504. The predicted octanol–water partition coefficient (Wildman–Crippen LogP) is 2.47. The number of nitrogens with zero attached hydrogens (tertiary/aromatic N) is 2. The smallest absolute Gasteiger partial charge is 0.148 e. The van der Waals surface area contributed by atoms with Crippen LogP contribution in [0.2, 0.25) is 0 Å². The number of aryl methyl sites for hydroxylation is 1. The largest absolute Gasteiger partial charge is 0.367 e. The highest BCUT2D eigenvalue weighted by molar-refractivity contribution is 7.99. The van der Waals surface area contributed by atoms with E-state index in [9.17, 15) is 0 Å². The Bertz CT molecular complexity index is 437. The van der Waals surface area contributed by atoms with Gasteiger partial charge in [-0.3, -0.25) is 0 Å². The number of rotatable bonds is 4. The van der Waals surface area contributed by atoms with E-state index in [0.717, 1.165) is 22.5 Å². The second-order valence-electron chi connectivity index (χ2n) is 5.10. The molecule has 0 aromatic carbocycles. The van der Waals surface area contributed by atoms with Gasteiger partial charge in [-0.25, -0.2) is 15.8 Å². The summed E-state index contributed by atoms with van der Waals surface area (Å²) < 4.78 is 0. The van der Waals surface area contributed by atoms with Gasteiger partial charge in [0.05, 0.1) is 0 Å². The fraction of sp³-hybridized carbons (Fsp3) is 0.692. The summed E-state index contributed by atoms with van der Waals surface area (Å²) in [4.78, 5) is 8.79. The van der Waals surface area contributed by atoms with E-state index >= 15 is 0 Å². The van der Waals surface area contributed by atoms with E-state index < -0.39 is 0 Å². The van der Waals surface area contributed by atoms with Crippen molar-refractivity contribution in [3.63, 3.8) is 0 Å². The number of aromatic nitrogens is 2. The van der Waals surface area contributed by atoms with Crippen LogP contribution in [-0.4, -0.2) is 27.5 Å². The third kappa shape index (κ3) is 3.51. The van der Waals surface area contributed by atoms with Crippen molar-refractivity contribution >= 4 is 23.4 Å². The molecular formula is C13H23N5S. The monoisotopic (exact) mass is 281 g/mol. The minimum absolute atomic E-state index is 0.504. The van der Waals surface area contributed by atoms with E-state index in [4.69, 9.17) is 5.84 Å². The molecule has 106 valence electrons. The first-order valence-corrected chi connectivity index (χ1v) is 8.04. The molecule has 6 heteroatoms. The van der Waals surface area contributed by atoms with Crippen LogP contribution in [0.25, 0.3) is 0 Å². The van der Waals surface area contributed by atoms with E-state index in [-0.39, 0.29) is 0 Å². The Hall–Kier alpha value is -1.01. The molecular weight excluding hydrogens is 258 g/mol. The lowest BCUT2D eigenvalue weighted by atomic mass is 9.95. The van der Waals surface area contributed by atoms with Gasteiger partial charge in [-0.2, -0.15) is 11.8 Å². The molecule has 1 aromatic heterocycles. The summed E-state index contributed by atoms with van der Waals surface area (Å²) in [6.45, 7) is 3.88. The van der Waals surface area contributed by atoms with Crippen molar-refractivity contribution in [2.24, 2.45) is 5.84 Å². The molecule has 1 aromatic rings. The summed E-state index contributed by atoms with van der Waals surface area (Å²) in [5, 5.41) is 4.33. The Balaban J connectivity index is 2.12. The number of nitrogen functional groups attached to an aromatic ring is 1. The highest BCUT2D eigenvalue weighted by atomic mass is 32.2. The van der Waals surface area contributed by atoms with Gasteiger partial charge in [-0.05, 0) is 39.4 Å². The minimum atomic E-state index is 0.504. The number of hydrogen-bond donors (Lipinski definition) is 3. The van der Waals surface area contributed by atoms with Gasteiger partial charge >= 0.3 is 0 Å². The van der Waals surface area contributed by atoms with Gasteiger partial charge in [0.15, 0.2) is 0 Å². The second-order valence-corrected chi connectivity index (χ2v) is 6.24. The first-order valence-electron chi connectivity index (χ1n) is 6.75. The quantitative estimate of drug-likeness (QED) is 0.581. The zero-order valence-corrected chi connectivity index (χ0v) is 12.7. The molecule has 2 rings (SSSR count). The molecule has 0 spiro atoms. The van der Waals surface area contributed by atoms with Gasteiger partial charge in [0, 0.05) is 16.9 Å². The minimum Gasteiger partial charge on any atom is -0.367 e. The van der Waals surface area contributed by atoms with Crippen LogP contribution < -0.4 is 16.6 Å². The van der Waals surface area contributed by atoms with Crippen molar-refractivity contribution in [3.05, 3.63) is 11.4 Å². The molecule has 1 fully saturated rings. The van der Waals surface area contributed by atoms with Gasteiger partial charge in [0.2, 0.25) is 0 Å². The van der Waals surface area contributed by atoms with Gasteiger partial charge < -0.3 is 10.7 Å². The van der Waals surface area contributed by atoms with Crippen molar-refractivity contribution in [2.45, 2.75) is 50.8 Å². The van der Waals surface area contributed by atoms with Crippen molar-refractivity contribution in [1.29, 1.82) is 0 Å². The molecule has 2 unspecified atom stereocenters. The number of anilines is 2. The SMILES string of the molecule is CSC1CCCC(Nc2nc(C)nc(NN)c2C)C1. The average molecular weight is 281 g/mol. The van der Waals surface area contributed by atoms with E-state index in [1.54, 1.807) is 0 Å². The van der Waals surface area contributed by atoms with Crippen LogP contribution in [0.3, 0.4) is 0 Å². The van der Waals surface area contributed by atoms with Crippen LogP contribution in [0.4, 0.5) is 11.6 Å². The first kappa shape index (κ1) is 14.4. The fourth-order valence-corrected chi connectivity index (χ4v) is 3.42. The van der Waals surface area contributed by atoms with Crippen molar-refractivity contribution < 1.29 is 0 Å². The highest BCUT2D eigenvalue weighted by Gasteiger charge is 2.22. The van der Waals surface area contributed by atoms with Gasteiger partial charge in [-0.15, -0.1) is 0 Å². The maximum Gasteiger partial charge on any atom is 0.148 e. The Morgan fingerprint density at radius 3 is 2.63 bits per heavy atom. The molecule has 1 heterocycles. The summed E-state index contributed by atoms with van der Waals surface area (Å²) in [5.41, 5.74) is 3.62. The fourth-order valence-electron chi connectivity index (χ4n) is 2.59. The summed E-state index contributed by atoms with van der Waals surface area (Å²) in [6.07, 6.45) is 7.23. The van der Waals surface area contributed by atoms with Gasteiger partial charge in [0.1, 0.15) is 17.5 Å². The zero-order valence-electron chi connectivity index (χ0n) is 11.9. The lowest BCUT2D eigenvalue weighted by Gasteiger charge is -2.29. The maximum atomic E-state index is 5.49. The highest BCUT2D eigenvalue weighted by Crippen LogP contribution is 2.29. The Labute approximate surface area is 119 Å².